The Bertz CT molecular complexity index is 329. The normalized spacial score (nSPS) is 11.4. The molecule has 18 heavy (non-hydrogen) atoms. The van der Waals surface area contributed by atoms with E-state index in [1.807, 2.05) is 0 Å². The van der Waals surface area contributed by atoms with Crippen LogP contribution in [0.15, 0.2) is 12.7 Å². The van der Waals surface area contributed by atoms with Gasteiger partial charge < -0.3 is 15.6 Å². The van der Waals surface area contributed by atoms with Crippen LogP contribution in [0.4, 0.5) is 4.79 Å². The smallest absolute Gasteiger partial charge is 0.417 e. The molecule has 0 aromatic rings. The largest absolute Gasteiger partial charge is 0.480 e. The van der Waals surface area contributed by atoms with Crippen LogP contribution < -0.4 is 5.73 Å². The quantitative estimate of drug-likeness (QED) is 0.637. The van der Waals surface area contributed by atoms with Crippen molar-refractivity contribution in [2.24, 2.45) is 5.73 Å². The maximum absolute atomic E-state index is 11.6. The Kier molecular flexibility index (Phi) is 7.37. The number of nitrogens with zero attached hydrogens (tertiary/aromatic N) is 1. The van der Waals surface area contributed by atoms with Gasteiger partial charge in [0.05, 0.1) is 6.54 Å². The molecule has 3 N–H and O–H groups in total. The van der Waals surface area contributed by atoms with Crippen molar-refractivity contribution < 1.29 is 24.2 Å². The van der Waals surface area contributed by atoms with E-state index < -0.39 is 30.6 Å². The zero-order valence-electron chi connectivity index (χ0n) is 10.3. The summed E-state index contributed by atoms with van der Waals surface area (Å²) in [6, 6.07) is -1.26. The van der Waals surface area contributed by atoms with E-state index >= 15 is 0 Å². The number of rotatable bonds is 7. The van der Waals surface area contributed by atoms with Crippen molar-refractivity contribution >= 4 is 18.0 Å². The van der Waals surface area contributed by atoms with Crippen LogP contribution in [0.3, 0.4) is 0 Å². The molecule has 0 fully saturated rings. The van der Waals surface area contributed by atoms with Gasteiger partial charge in [-0.1, -0.05) is 26.0 Å². The van der Waals surface area contributed by atoms with Gasteiger partial charge in [-0.2, -0.15) is 0 Å². The van der Waals surface area contributed by atoms with Crippen LogP contribution in [0.25, 0.3) is 0 Å². The van der Waals surface area contributed by atoms with E-state index in [0.717, 1.165) is 0 Å². The molecule has 2 amide bonds. The maximum Gasteiger partial charge on any atom is 0.417 e. The van der Waals surface area contributed by atoms with Crippen molar-refractivity contribution in [2.75, 3.05) is 13.2 Å². The van der Waals surface area contributed by atoms with Crippen molar-refractivity contribution in [3.8, 4) is 0 Å². The summed E-state index contributed by atoms with van der Waals surface area (Å²) in [7, 11) is 0. The molecule has 0 aliphatic heterocycles. The Morgan fingerprint density at radius 1 is 1.50 bits per heavy atom. The number of carbonyl (C=O) groups excluding carboxylic acids is 2. The first-order valence-corrected chi connectivity index (χ1v) is 5.52. The van der Waals surface area contributed by atoms with E-state index in [4.69, 9.17) is 10.8 Å². The molecular formula is C11H18N2O5. The zero-order valence-corrected chi connectivity index (χ0v) is 10.3. The zero-order chi connectivity index (χ0) is 14.1. The lowest BCUT2D eigenvalue weighted by Gasteiger charge is -2.25. The summed E-state index contributed by atoms with van der Waals surface area (Å²) in [5, 5.41) is 9.03. The van der Waals surface area contributed by atoms with Crippen LogP contribution in [-0.2, 0) is 14.3 Å². The van der Waals surface area contributed by atoms with Crippen molar-refractivity contribution in [2.45, 2.75) is 25.8 Å². The number of hydrogen-bond acceptors (Lipinski definition) is 5. The number of imide groups is 1. The third-order valence-electron chi connectivity index (χ3n) is 2.12. The molecule has 7 nitrogen and oxygen atoms in total. The minimum Gasteiger partial charge on any atom is -0.480 e. The Morgan fingerprint density at radius 3 is 2.50 bits per heavy atom. The third kappa shape index (κ3) is 4.54. The molecule has 0 spiro atoms. The first-order chi connectivity index (χ1) is 8.49. The van der Waals surface area contributed by atoms with Crippen LogP contribution in [0, 0.1) is 0 Å². The van der Waals surface area contributed by atoms with Crippen LogP contribution >= 0.6 is 0 Å². The summed E-state index contributed by atoms with van der Waals surface area (Å²) < 4.78 is 4.68. The molecule has 0 bridgehead atoms. The number of carbonyl (C=O) groups is 3. The molecule has 0 heterocycles. The minimum absolute atomic E-state index is 0.106. The predicted molar refractivity (Wildman–Crippen MR) is 63.8 cm³/mol. The standard InChI is InChI=1S/C11H18N2O5/c1-3-5-8(10(15)16)13(9(14)7-12)11(17)18-6-4-2/h4,8H,2-3,5-7,12H2,1H3,(H,15,16)/t8-/m1/s1. The lowest BCUT2D eigenvalue weighted by Crippen LogP contribution is -2.51. The summed E-state index contributed by atoms with van der Waals surface area (Å²) in [4.78, 5) is 34.8. The van der Waals surface area contributed by atoms with E-state index in [1.54, 1.807) is 6.92 Å². The van der Waals surface area contributed by atoms with Gasteiger partial charge in [0, 0.05) is 0 Å². The Hall–Kier alpha value is -1.89. The van der Waals surface area contributed by atoms with E-state index in [0.29, 0.717) is 11.3 Å². The summed E-state index contributed by atoms with van der Waals surface area (Å²) in [6.45, 7) is 4.53. The first-order valence-electron chi connectivity index (χ1n) is 5.52. The van der Waals surface area contributed by atoms with Gasteiger partial charge in [0.25, 0.3) is 0 Å². The van der Waals surface area contributed by atoms with Crippen molar-refractivity contribution in [3.63, 3.8) is 0 Å². The van der Waals surface area contributed by atoms with Crippen LogP contribution in [0.2, 0.25) is 0 Å². The molecule has 0 aromatic carbocycles. The highest BCUT2D eigenvalue weighted by molar-refractivity contribution is 5.97. The monoisotopic (exact) mass is 258 g/mol. The molecule has 102 valence electrons. The van der Waals surface area contributed by atoms with E-state index in [-0.39, 0.29) is 13.0 Å². The predicted octanol–water partition coefficient (Wildman–Crippen LogP) is 0.350. The van der Waals surface area contributed by atoms with Crippen LogP contribution in [0.1, 0.15) is 19.8 Å². The highest BCUT2D eigenvalue weighted by Crippen LogP contribution is 2.10. The number of aliphatic carboxylic acids is 1. The summed E-state index contributed by atoms with van der Waals surface area (Å²) >= 11 is 0. The van der Waals surface area contributed by atoms with Gasteiger partial charge in [0.1, 0.15) is 12.6 Å². The molecule has 0 saturated carbocycles. The third-order valence-corrected chi connectivity index (χ3v) is 2.12. The molecule has 0 saturated heterocycles. The highest BCUT2D eigenvalue weighted by Gasteiger charge is 2.34. The van der Waals surface area contributed by atoms with Gasteiger partial charge >= 0.3 is 12.1 Å². The molecule has 0 radical (unpaired) electrons. The molecular weight excluding hydrogens is 240 g/mol. The van der Waals surface area contributed by atoms with Crippen molar-refractivity contribution in [1.82, 2.24) is 4.90 Å². The fourth-order valence-corrected chi connectivity index (χ4v) is 1.34. The van der Waals surface area contributed by atoms with E-state index in [9.17, 15) is 14.4 Å². The Balaban J connectivity index is 5.05. The van der Waals surface area contributed by atoms with Crippen molar-refractivity contribution in [3.05, 3.63) is 12.7 Å². The molecule has 0 rings (SSSR count). The molecule has 0 unspecified atom stereocenters. The second-order valence-corrected chi connectivity index (χ2v) is 3.48. The average Bonchev–Trinajstić information content (AvgIpc) is 2.34. The lowest BCUT2D eigenvalue weighted by molar-refractivity contribution is -0.148. The van der Waals surface area contributed by atoms with Crippen molar-refractivity contribution in [1.29, 1.82) is 0 Å². The number of amides is 2. The van der Waals surface area contributed by atoms with Crippen LogP contribution in [0.5, 0.6) is 0 Å². The minimum atomic E-state index is -1.27. The Labute approximate surface area is 105 Å². The SMILES string of the molecule is C=CCOC(=O)N(C(=O)CN)[C@H](CCC)C(=O)O. The molecule has 0 aliphatic carbocycles. The second kappa shape index (κ2) is 8.24. The van der Waals surface area contributed by atoms with Gasteiger partial charge in [0.2, 0.25) is 5.91 Å². The molecule has 1 atom stereocenters. The molecule has 0 aromatic heterocycles. The van der Waals surface area contributed by atoms with Gasteiger partial charge in [-0.3, -0.25) is 4.79 Å². The number of hydrogen-bond donors (Lipinski definition) is 2. The maximum atomic E-state index is 11.6. The topological polar surface area (TPSA) is 110 Å². The van der Waals surface area contributed by atoms with E-state index in [2.05, 4.69) is 11.3 Å². The van der Waals surface area contributed by atoms with Gasteiger partial charge in [-0.05, 0) is 6.42 Å². The van der Waals surface area contributed by atoms with Gasteiger partial charge in [-0.25, -0.2) is 14.5 Å². The molecule has 7 heteroatoms. The van der Waals surface area contributed by atoms with Gasteiger partial charge in [0.15, 0.2) is 0 Å². The highest BCUT2D eigenvalue weighted by atomic mass is 16.6. The fourth-order valence-electron chi connectivity index (χ4n) is 1.34. The van der Waals surface area contributed by atoms with Crippen LogP contribution in [-0.4, -0.2) is 47.2 Å². The number of nitrogens with two attached hydrogens (primary N) is 1. The molecule has 0 aliphatic rings. The van der Waals surface area contributed by atoms with Gasteiger partial charge in [-0.15, -0.1) is 0 Å². The Morgan fingerprint density at radius 2 is 2.11 bits per heavy atom. The van der Waals surface area contributed by atoms with E-state index in [1.165, 1.54) is 6.08 Å². The second-order valence-electron chi connectivity index (χ2n) is 3.48. The number of ether oxygens (including phenoxy) is 1. The summed E-state index contributed by atoms with van der Waals surface area (Å²) in [6.07, 6.45) is 0.939. The summed E-state index contributed by atoms with van der Waals surface area (Å²) in [5.41, 5.74) is 5.16. The average molecular weight is 258 g/mol. The fraction of sp³-hybridized carbons (Fsp3) is 0.545. The number of carboxylic acids is 1. The first kappa shape index (κ1) is 16.1. The lowest BCUT2D eigenvalue weighted by atomic mass is 10.1. The summed E-state index contributed by atoms with van der Waals surface area (Å²) in [5.74, 6) is -2.06. The number of carboxylic acid groups (broad SMARTS) is 1.